The largest absolute Gasteiger partial charge is 0.356 e. The molecule has 1 fully saturated rings. The summed E-state index contributed by atoms with van der Waals surface area (Å²) in [7, 11) is 0. The lowest BCUT2D eigenvalue weighted by molar-refractivity contribution is -0.123. The van der Waals surface area contributed by atoms with Crippen LogP contribution in [0.15, 0.2) is 30.3 Å². The van der Waals surface area contributed by atoms with Gasteiger partial charge in [0.15, 0.2) is 0 Å². The van der Waals surface area contributed by atoms with Crippen LogP contribution in [0.5, 0.6) is 0 Å². The number of hydrogen-bond acceptors (Lipinski definition) is 3. The van der Waals surface area contributed by atoms with Gasteiger partial charge in [0, 0.05) is 13.5 Å². The maximum Gasteiger partial charge on any atom is 0.222 e. The summed E-state index contributed by atoms with van der Waals surface area (Å²) < 4.78 is 0. The molecule has 1 aliphatic heterocycles. The van der Waals surface area contributed by atoms with E-state index in [1.807, 2.05) is 30.3 Å². The van der Waals surface area contributed by atoms with E-state index >= 15 is 0 Å². The third-order valence-corrected chi connectivity index (χ3v) is 3.96. The molecule has 5 nitrogen and oxygen atoms in total. The molecule has 120 valence electrons. The summed E-state index contributed by atoms with van der Waals surface area (Å²) in [4.78, 5) is 23.5. The van der Waals surface area contributed by atoms with E-state index in [0.29, 0.717) is 12.5 Å². The Kier molecular flexibility index (Phi) is 6.40. The molecule has 3 N–H and O–H groups in total. The molecule has 1 aliphatic rings. The molecule has 5 heteroatoms. The predicted molar refractivity (Wildman–Crippen MR) is 86.2 cm³/mol. The van der Waals surface area contributed by atoms with Crippen molar-refractivity contribution in [3.05, 3.63) is 35.9 Å². The normalized spacial score (nSPS) is 19.2. The third kappa shape index (κ3) is 5.48. The molecule has 0 aliphatic carbocycles. The first kappa shape index (κ1) is 16.5. The summed E-state index contributed by atoms with van der Waals surface area (Å²) in [6.45, 7) is 4.21. The van der Waals surface area contributed by atoms with E-state index in [-0.39, 0.29) is 24.3 Å². The monoisotopic (exact) mass is 303 g/mol. The van der Waals surface area contributed by atoms with Crippen molar-refractivity contribution in [3.8, 4) is 0 Å². The van der Waals surface area contributed by atoms with E-state index < -0.39 is 0 Å². The van der Waals surface area contributed by atoms with Gasteiger partial charge in [-0.3, -0.25) is 9.59 Å². The molecule has 0 spiro atoms. The van der Waals surface area contributed by atoms with Crippen LogP contribution in [0.2, 0.25) is 0 Å². The minimum atomic E-state index is -0.275. The van der Waals surface area contributed by atoms with E-state index in [4.69, 9.17) is 0 Å². The summed E-state index contributed by atoms with van der Waals surface area (Å²) in [5.41, 5.74) is 0.951. The maximum absolute atomic E-state index is 12.2. The van der Waals surface area contributed by atoms with Gasteiger partial charge in [-0.25, -0.2) is 0 Å². The van der Waals surface area contributed by atoms with Crippen LogP contribution < -0.4 is 16.0 Å². The van der Waals surface area contributed by atoms with Gasteiger partial charge in [0.1, 0.15) is 0 Å². The van der Waals surface area contributed by atoms with Gasteiger partial charge in [0.25, 0.3) is 0 Å². The quantitative estimate of drug-likeness (QED) is 0.743. The molecule has 0 saturated carbocycles. The van der Waals surface area contributed by atoms with Crippen LogP contribution in [0, 0.1) is 5.92 Å². The average Bonchev–Trinajstić information content (AvgIpc) is 2.54. The van der Waals surface area contributed by atoms with Gasteiger partial charge in [-0.05, 0) is 37.4 Å². The predicted octanol–water partition coefficient (Wildman–Crippen LogP) is 1.37. The minimum Gasteiger partial charge on any atom is -0.356 e. The summed E-state index contributed by atoms with van der Waals surface area (Å²) in [6.07, 6.45) is 2.59. The van der Waals surface area contributed by atoms with Crippen LogP contribution in [0.1, 0.15) is 37.8 Å². The Morgan fingerprint density at radius 3 is 2.73 bits per heavy atom. The van der Waals surface area contributed by atoms with E-state index in [1.165, 1.54) is 13.3 Å². The molecule has 1 heterocycles. The van der Waals surface area contributed by atoms with Gasteiger partial charge in [0.2, 0.25) is 11.8 Å². The summed E-state index contributed by atoms with van der Waals surface area (Å²) >= 11 is 0. The molecule has 2 rings (SSSR count). The van der Waals surface area contributed by atoms with Gasteiger partial charge < -0.3 is 16.0 Å². The topological polar surface area (TPSA) is 70.2 Å². The van der Waals surface area contributed by atoms with Crippen LogP contribution in [-0.4, -0.2) is 31.4 Å². The highest BCUT2D eigenvalue weighted by molar-refractivity contribution is 5.79. The van der Waals surface area contributed by atoms with Crippen molar-refractivity contribution in [2.24, 2.45) is 5.92 Å². The van der Waals surface area contributed by atoms with Crippen LogP contribution in [-0.2, 0) is 9.59 Å². The highest BCUT2D eigenvalue weighted by atomic mass is 16.2. The standard InChI is InChI=1S/C17H25N3O2/c1-13(21)20-16(15-7-3-2-4-8-15)10-17(22)19-12-14-6-5-9-18-11-14/h2-4,7-8,14,16,18H,5-6,9-12H2,1H3,(H,19,22)(H,20,21). The fourth-order valence-corrected chi connectivity index (χ4v) is 2.80. The van der Waals surface area contributed by atoms with Crippen LogP contribution in [0.3, 0.4) is 0 Å². The molecule has 1 saturated heterocycles. The zero-order valence-electron chi connectivity index (χ0n) is 13.1. The number of hydrogen-bond donors (Lipinski definition) is 3. The Labute approximate surface area is 131 Å². The Morgan fingerprint density at radius 1 is 1.32 bits per heavy atom. The second kappa shape index (κ2) is 8.54. The lowest BCUT2D eigenvalue weighted by atomic mass is 9.99. The van der Waals surface area contributed by atoms with Gasteiger partial charge in [-0.15, -0.1) is 0 Å². The van der Waals surface area contributed by atoms with Crippen molar-refractivity contribution >= 4 is 11.8 Å². The van der Waals surface area contributed by atoms with Gasteiger partial charge in [0.05, 0.1) is 12.5 Å². The smallest absolute Gasteiger partial charge is 0.222 e. The summed E-state index contributed by atoms with van der Waals surface area (Å²) in [5.74, 6) is 0.361. The molecule has 2 amide bonds. The zero-order chi connectivity index (χ0) is 15.8. The van der Waals surface area contributed by atoms with Gasteiger partial charge >= 0.3 is 0 Å². The van der Waals surface area contributed by atoms with Crippen LogP contribution >= 0.6 is 0 Å². The van der Waals surface area contributed by atoms with Crippen molar-refractivity contribution in [2.45, 2.75) is 32.2 Å². The fraction of sp³-hybridized carbons (Fsp3) is 0.529. The molecule has 0 radical (unpaired) electrons. The van der Waals surface area contributed by atoms with Gasteiger partial charge in [-0.2, -0.15) is 0 Å². The molecule has 1 aromatic rings. The van der Waals surface area contributed by atoms with Crippen LogP contribution in [0.4, 0.5) is 0 Å². The first-order valence-corrected chi connectivity index (χ1v) is 7.94. The van der Waals surface area contributed by atoms with Crippen LogP contribution in [0.25, 0.3) is 0 Å². The van der Waals surface area contributed by atoms with E-state index in [0.717, 1.165) is 25.1 Å². The minimum absolute atomic E-state index is 0.0202. The summed E-state index contributed by atoms with van der Waals surface area (Å²) in [6, 6.07) is 9.33. The number of nitrogens with one attached hydrogen (secondary N) is 3. The molecular formula is C17H25N3O2. The first-order chi connectivity index (χ1) is 10.6. The van der Waals surface area contributed by atoms with Gasteiger partial charge in [-0.1, -0.05) is 30.3 Å². The average molecular weight is 303 g/mol. The number of amides is 2. The lowest BCUT2D eigenvalue weighted by Gasteiger charge is -2.23. The third-order valence-electron chi connectivity index (χ3n) is 3.96. The molecule has 1 aromatic carbocycles. The molecule has 22 heavy (non-hydrogen) atoms. The molecular weight excluding hydrogens is 278 g/mol. The Bertz CT molecular complexity index is 484. The molecule has 0 bridgehead atoms. The SMILES string of the molecule is CC(=O)NC(CC(=O)NCC1CCCNC1)c1ccccc1. The second-order valence-corrected chi connectivity index (χ2v) is 5.88. The highest BCUT2D eigenvalue weighted by Crippen LogP contribution is 2.16. The zero-order valence-corrected chi connectivity index (χ0v) is 13.1. The highest BCUT2D eigenvalue weighted by Gasteiger charge is 2.18. The second-order valence-electron chi connectivity index (χ2n) is 5.88. The van der Waals surface area contributed by atoms with Crippen molar-refractivity contribution in [1.82, 2.24) is 16.0 Å². The van der Waals surface area contributed by atoms with E-state index in [9.17, 15) is 9.59 Å². The first-order valence-electron chi connectivity index (χ1n) is 7.94. The van der Waals surface area contributed by atoms with Crippen molar-refractivity contribution in [3.63, 3.8) is 0 Å². The lowest BCUT2D eigenvalue weighted by Crippen LogP contribution is -2.39. The van der Waals surface area contributed by atoms with Crippen molar-refractivity contribution in [2.75, 3.05) is 19.6 Å². The number of rotatable bonds is 6. The number of carbonyl (C=O) groups excluding carboxylic acids is 2. The van der Waals surface area contributed by atoms with Crippen molar-refractivity contribution in [1.29, 1.82) is 0 Å². The number of benzene rings is 1. The van der Waals surface area contributed by atoms with Crippen molar-refractivity contribution < 1.29 is 9.59 Å². The molecule has 2 unspecified atom stereocenters. The van der Waals surface area contributed by atoms with E-state index in [2.05, 4.69) is 16.0 Å². The number of carbonyl (C=O) groups is 2. The Morgan fingerprint density at radius 2 is 2.09 bits per heavy atom. The maximum atomic E-state index is 12.2. The fourth-order valence-electron chi connectivity index (χ4n) is 2.80. The summed E-state index contributed by atoms with van der Waals surface area (Å²) in [5, 5.41) is 9.19. The Balaban J connectivity index is 1.86. The molecule has 0 aromatic heterocycles. The Hall–Kier alpha value is -1.88. The van der Waals surface area contributed by atoms with E-state index in [1.54, 1.807) is 0 Å². The molecule has 2 atom stereocenters. The number of piperidine rings is 1.